The van der Waals surface area contributed by atoms with Gasteiger partial charge in [0.2, 0.25) is 0 Å². The molecule has 0 aromatic heterocycles. The molecule has 1 amide bonds. The van der Waals surface area contributed by atoms with Gasteiger partial charge in [0.25, 0.3) is 5.91 Å². The largest absolute Gasteiger partial charge is 0.481 e. The average Bonchev–Trinajstić information content (AvgIpc) is 2.37. The fourth-order valence-electron chi connectivity index (χ4n) is 1.80. The van der Waals surface area contributed by atoms with E-state index in [-0.39, 0.29) is 5.91 Å². The van der Waals surface area contributed by atoms with Crippen molar-refractivity contribution in [3.8, 4) is 0 Å². The van der Waals surface area contributed by atoms with Crippen molar-refractivity contribution in [1.29, 1.82) is 0 Å². The summed E-state index contributed by atoms with van der Waals surface area (Å²) >= 11 is 0. The Morgan fingerprint density at radius 1 is 1.05 bits per heavy atom. The van der Waals surface area contributed by atoms with Gasteiger partial charge >= 0.3 is 5.97 Å². The van der Waals surface area contributed by atoms with Crippen LogP contribution in [0.1, 0.15) is 63.4 Å². The smallest absolute Gasteiger partial charge is 0.311 e. The van der Waals surface area contributed by atoms with E-state index in [0.29, 0.717) is 11.5 Å². The van der Waals surface area contributed by atoms with Crippen molar-refractivity contribution in [2.45, 2.75) is 53.0 Å². The quantitative estimate of drug-likeness (QED) is 0.873. The second-order valence-corrected chi connectivity index (χ2v) is 6.79. The molecule has 0 heterocycles. The van der Waals surface area contributed by atoms with E-state index in [1.54, 1.807) is 39.8 Å². The summed E-state index contributed by atoms with van der Waals surface area (Å²) in [5.41, 5.74) is -0.238. The Bertz CT molecular complexity index is 527. The van der Waals surface area contributed by atoms with Crippen molar-refractivity contribution < 1.29 is 14.7 Å². The third-order valence-corrected chi connectivity index (χ3v) is 4.36. The third-order valence-electron chi connectivity index (χ3n) is 4.36. The molecule has 0 saturated heterocycles. The molecule has 0 spiro atoms. The van der Waals surface area contributed by atoms with Crippen molar-refractivity contribution in [2.24, 2.45) is 5.41 Å². The van der Waals surface area contributed by atoms with Crippen LogP contribution < -0.4 is 5.32 Å². The minimum absolute atomic E-state index is 0.260. The number of nitrogens with one attached hydrogen (secondary N) is 1. The molecule has 21 heavy (non-hydrogen) atoms. The van der Waals surface area contributed by atoms with Gasteiger partial charge in [-0.3, -0.25) is 9.59 Å². The molecule has 0 aliphatic carbocycles. The van der Waals surface area contributed by atoms with Crippen molar-refractivity contribution in [3.05, 3.63) is 35.4 Å². The predicted octanol–water partition coefficient (Wildman–Crippen LogP) is 3.43. The molecule has 1 rings (SSSR count). The first-order valence-electron chi connectivity index (χ1n) is 7.15. The van der Waals surface area contributed by atoms with Crippen molar-refractivity contribution in [3.63, 3.8) is 0 Å². The lowest BCUT2D eigenvalue weighted by Crippen LogP contribution is -2.56. The number of carbonyl (C=O) groups excluding carboxylic acids is 1. The van der Waals surface area contributed by atoms with E-state index in [4.69, 9.17) is 0 Å². The molecule has 2 N–H and O–H groups in total. The first-order valence-corrected chi connectivity index (χ1v) is 7.15. The summed E-state index contributed by atoms with van der Waals surface area (Å²) < 4.78 is 0. The normalized spacial score (nSPS) is 12.3. The zero-order valence-corrected chi connectivity index (χ0v) is 13.7. The predicted molar refractivity (Wildman–Crippen MR) is 83.5 cm³/mol. The minimum Gasteiger partial charge on any atom is -0.481 e. The van der Waals surface area contributed by atoms with Crippen molar-refractivity contribution in [2.75, 3.05) is 0 Å². The van der Waals surface area contributed by atoms with Crippen LogP contribution in [0.4, 0.5) is 0 Å². The molecule has 0 aliphatic rings. The number of rotatable bonds is 5. The van der Waals surface area contributed by atoms with Gasteiger partial charge in [0.15, 0.2) is 0 Å². The Labute approximate surface area is 126 Å². The fraction of sp³-hybridized carbons (Fsp3) is 0.529. The molecule has 1 aromatic carbocycles. The van der Waals surface area contributed by atoms with Gasteiger partial charge in [-0.2, -0.15) is 0 Å². The highest BCUT2D eigenvalue weighted by molar-refractivity contribution is 5.95. The summed E-state index contributed by atoms with van der Waals surface area (Å²) in [6.45, 7) is 10.8. The molecular formula is C17H25NO3. The SMILES string of the molecule is CC(C)c1ccc(C(=O)NC(C)(C)C(C)(C)C(=O)O)cc1. The Kier molecular flexibility index (Phi) is 4.82. The van der Waals surface area contributed by atoms with E-state index in [0.717, 1.165) is 5.56 Å². The Balaban J connectivity index is 2.92. The molecule has 116 valence electrons. The number of carbonyl (C=O) groups is 2. The number of carboxylic acid groups (broad SMARTS) is 1. The van der Waals surface area contributed by atoms with Crippen LogP contribution in [0.2, 0.25) is 0 Å². The number of carboxylic acids is 1. The van der Waals surface area contributed by atoms with E-state index >= 15 is 0 Å². The summed E-state index contributed by atoms with van der Waals surface area (Å²) in [6, 6.07) is 7.40. The topological polar surface area (TPSA) is 66.4 Å². The summed E-state index contributed by atoms with van der Waals surface area (Å²) in [5, 5.41) is 12.1. The van der Waals surface area contributed by atoms with Crippen LogP contribution >= 0.6 is 0 Å². The Morgan fingerprint density at radius 3 is 1.90 bits per heavy atom. The fourth-order valence-corrected chi connectivity index (χ4v) is 1.80. The maximum absolute atomic E-state index is 12.3. The Morgan fingerprint density at radius 2 is 1.52 bits per heavy atom. The summed E-state index contributed by atoms with van der Waals surface area (Å²) in [4.78, 5) is 23.7. The number of aliphatic carboxylic acids is 1. The van der Waals surface area contributed by atoms with E-state index in [1.807, 2.05) is 12.1 Å². The monoisotopic (exact) mass is 291 g/mol. The van der Waals surface area contributed by atoms with Crippen molar-refractivity contribution >= 4 is 11.9 Å². The molecule has 0 bridgehead atoms. The molecule has 0 radical (unpaired) electrons. The number of hydrogen-bond donors (Lipinski definition) is 2. The van der Waals surface area contributed by atoms with Crippen LogP contribution in [0, 0.1) is 5.41 Å². The van der Waals surface area contributed by atoms with E-state index in [9.17, 15) is 14.7 Å². The lowest BCUT2D eigenvalue weighted by molar-refractivity contribution is -0.150. The molecule has 4 nitrogen and oxygen atoms in total. The van der Waals surface area contributed by atoms with Crippen LogP contribution in [0.3, 0.4) is 0 Å². The summed E-state index contributed by atoms with van der Waals surface area (Å²) in [6.07, 6.45) is 0. The van der Waals surface area contributed by atoms with Crippen LogP contribution in [0.25, 0.3) is 0 Å². The lowest BCUT2D eigenvalue weighted by Gasteiger charge is -2.38. The maximum Gasteiger partial charge on any atom is 0.311 e. The maximum atomic E-state index is 12.3. The highest BCUT2D eigenvalue weighted by Gasteiger charge is 2.44. The highest BCUT2D eigenvalue weighted by Crippen LogP contribution is 2.31. The summed E-state index contributed by atoms with van der Waals surface area (Å²) in [5.74, 6) is -0.794. The molecule has 4 heteroatoms. The number of hydrogen-bond acceptors (Lipinski definition) is 2. The van der Waals surface area contributed by atoms with Crippen LogP contribution in [-0.2, 0) is 4.79 Å². The molecule has 0 saturated carbocycles. The molecular weight excluding hydrogens is 266 g/mol. The minimum atomic E-state index is -1.07. The molecule has 0 unspecified atom stereocenters. The Hall–Kier alpha value is -1.84. The average molecular weight is 291 g/mol. The van der Waals surface area contributed by atoms with E-state index in [2.05, 4.69) is 19.2 Å². The van der Waals surface area contributed by atoms with Gasteiger partial charge in [-0.05, 0) is 51.3 Å². The molecule has 1 aromatic rings. The highest BCUT2D eigenvalue weighted by atomic mass is 16.4. The molecule has 0 atom stereocenters. The summed E-state index contributed by atoms with van der Waals surface area (Å²) in [7, 11) is 0. The molecule has 0 fully saturated rings. The van der Waals surface area contributed by atoms with Gasteiger partial charge in [-0.1, -0.05) is 26.0 Å². The second-order valence-electron chi connectivity index (χ2n) is 6.79. The van der Waals surface area contributed by atoms with Gasteiger partial charge in [0.05, 0.1) is 11.0 Å². The number of benzene rings is 1. The van der Waals surface area contributed by atoms with Crippen LogP contribution in [0.5, 0.6) is 0 Å². The van der Waals surface area contributed by atoms with E-state index in [1.165, 1.54) is 0 Å². The van der Waals surface area contributed by atoms with E-state index < -0.39 is 16.9 Å². The van der Waals surface area contributed by atoms with Crippen LogP contribution in [-0.4, -0.2) is 22.5 Å². The molecule has 0 aliphatic heterocycles. The van der Waals surface area contributed by atoms with Gasteiger partial charge in [-0.25, -0.2) is 0 Å². The standard InChI is InChI=1S/C17H25NO3/c1-11(2)12-7-9-13(10-8-12)14(19)18-17(5,6)16(3,4)15(20)21/h7-11H,1-6H3,(H,18,19)(H,20,21). The van der Waals surface area contributed by atoms with Crippen molar-refractivity contribution in [1.82, 2.24) is 5.32 Å². The van der Waals surface area contributed by atoms with Gasteiger partial charge in [0, 0.05) is 5.56 Å². The first kappa shape index (κ1) is 17.2. The van der Waals surface area contributed by atoms with Crippen LogP contribution in [0.15, 0.2) is 24.3 Å². The van der Waals surface area contributed by atoms with Gasteiger partial charge in [-0.15, -0.1) is 0 Å². The second kappa shape index (κ2) is 5.88. The van der Waals surface area contributed by atoms with Gasteiger partial charge in [0.1, 0.15) is 0 Å². The van der Waals surface area contributed by atoms with Gasteiger partial charge < -0.3 is 10.4 Å². The third kappa shape index (κ3) is 3.63. The first-order chi connectivity index (χ1) is 9.49. The zero-order chi connectivity index (χ0) is 16.4. The number of amides is 1. The lowest BCUT2D eigenvalue weighted by atomic mass is 9.74. The zero-order valence-electron chi connectivity index (χ0n) is 13.7.